The number of amides is 1. The quantitative estimate of drug-likeness (QED) is 0.651. The van der Waals surface area contributed by atoms with Gasteiger partial charge in [0, 0.05) is 12.1 Å². The number of furan rings is 1. The Balaban J connectivity index is 1.57. The lowest BCUT2D eigenvalue weighted by Crippen LogP contribution is -2.24. The van der Waals surface area contributed by atoms with Crippen LogP contribution in [0, 0.1) is 5.82 Å². The van der Waals surface area contributed by atoms with E-state index < -0.39 is 15.8 Å². The van der Waals surface area contributed by atoms with Crippen LogP contribution in [0.1, 0.15) is 21.7 Å². The van der Waals surface area contributed by atoms with E-state index in [1.807, 2.05) is 0 Å². The molecule has 27 heavy (non-hydrogen) atoms. The Bertz CT molecular complexity index is 999. The summed E-state index contributed by atoms with van der Waals surface area (Å²) >= 11 is 0. The summed E-state index contributed by atoms with van der Waals surface area (Å²) in [5.74, 6) is -0.116. The SMILES string of the molecule is O=C(NCc1ccco1)c1ccc(CNS(=O)(=O)c2ccc(F)cc2)cc1. The minimum absolute atomic E-state index is 0.0159. The van der Waals surface area contributed by atoms with Crippen molar-refractivity contribution in [1.29, 1.82) is 0 Å². The number of sulfonamides is 1. The smallest absolute Gasteiger partial charge is 0.251 e. The van der Waals surface area contributed by atoms with Crippen LogP contribution in [0.3, 0.4) is 0 Å². The van der Waals surface area contributed by atoms with Gasteiger partial charge in [-0.15, -0.1) is 0 Å². The second-order valence-corrected chi connectivity index (χ2v) is 7.50. The van der Waals surface area contributed by atoms with Crippen molar-refractivity contribution >= 4 is 15.9 Å². The third-order valence-corrected chi connectivity index (χ3v) is 5.23. The molecule has 0 aliphatic heterocycles. The zero-order valence-corrected chi connectivity index (χ0v) is 15.0. The lowest BCUT2D eigenvalue weighted by Gasteiger charge is -2.08. The summed E-state index contributed by atoms with van der Waals surface area (Å²) in [6, 6.07) is 14.6. The van der Waals surface area contributed by atoms with E-state index in [9.17, 15) is 17.6 Å². The van der Waals surface area contributed by atoms with E-state index in [0.29, 0.717) is 16.9 Å². The molecule has 6 nitrogen and oxygen atoms in total. The minimum Gasteiger partial charge on any atom is -0.467 e. The average Bonchev–Trinajstić information content (AvgIpc) is 3.19. The van der Waals surface area contributed by atoms with Gasteiger partial charge in [-0.05, 0) is 54.1 Å². The van der Waals surface area contributed by atoms with Gasteiger partial charge in [0.25, 0.3) is 5.91 Å². The molecule has 0 radical (unpaired) electrons. The Morgan fingerprint density at radius 3 is 2.30 bits per heavy atom. The van der Waals surface area contributed by atoms with Crippen molar-refractivity contribution in [2.24, 2.45) is 0 Å². The molecular formula is C19H17FN2O4S. The van der Waals surface area contributed by atoms with E-state index in [1.54, 1.807) is 36.4 Å². The number of carbonyl (C=O) groups excluding carboxylic acids is 1. The molecule has 0 fully saturated rings. The summed E-state index contributed by atoms with van der Waals surface area (Å²) in [6.07, 6.45) is 1.53. The van der Waals surface area contributed by atoms with Crippen molar-refractivity contribution in [2.45, 2.75) is 18.0 Å². The van der Waals surface area contributed by atoms with Gasteiger partial charge in [-0.3, -0.25) is 4.79 Å². The van der Waals surface area contributed by atoms with Gasteiger partial charge >= 0.3 is 0 Å². The number of nitrogens with one attached hydrogen (secondary N) is 2. The van der Waals surface area contributed by atoms with Crippen molar-refractivity contribution in [3.05, 3.63) is 89.6 Å². The molecule has 0 aliphatic rings. The van der Waals surface area contributed by atoms with Gasteiger partial charge in [-0.25, -0.2) is 17.5 Å². The number of rotatable bonds is 7. The Hall–Kier alpha value is -2.97. The van der Waals surface area contributed by atoms with E-state index in [-0.39, 0.29) is 23.9 Å². The van der Waals surface area contributed by atoms with Crippen LogP contribution in [0.4, 0.5) is 4.39 Å². The second-order valence-electron chi connectivity index (χ2n) is 5.74. The molecule has 0 saturated carbocycles. The molecule has 0 bridgehead atoms. The first-order valence-electron chi connectivity index (χ1n) is 8.09. The third-order valence-electron chi connectivity index (χ3n) is 3.81. The first-order valence-corrected chi connectivity index (χ1v) is 9.57. The van der Waals surface area contributed by atoms with Gasteiger partial charge in [-0.2, -0.15) is 0 Å². The molecule has 3 rings (SSSR count). The molecule has 0 saturated heterocycles. The highest BCUT2D eigenvalue weighted by Gasteiger charge is 2.14. The van der Waals surface area contributed by atoms with Crippen molar-refractivity contribution in [2.75, 3.05) is 0 Å². The van der Waals surface area contributed by atoms with Gasteiger partial charge in [0.1, 0.15) is 11.6 Å². The van der Waals surface area contributed by atoms with Crippen LogP contribution in [0.2, 0.25) is 0 Å². The molecule has 2 aromatic carbocycles. The number of hydrogen-bond acceptors (Lipinski definition) is 4. The highest BCUT2D eigenvalue weighted by atomic mass is 32.2. The molecule has 0 aliphatic carbocycles. The van der Waals surface area contributed by atoms with Gasteiger partial charge in [-0.1, -0.05) is 12.1 Å². The maximum Gasteiger partial charge on any atom is 0.251 e. The van der Waals surface area contributed by atoms with E-state index in [4.69, 9.17) is 4.42 Å². The van der Waals surface area contributed by atoms with Gasteiger partial charge in [0.2, 0.25) is 10.0 Å². The number of carbonyl (C=O) groups is 1. The molecule has 1 amide bonds. The van der Waals surface area contributed by atoms with Crippen LogP contribution in [0.15, 0.2) is 76.2 Å². The molecule has 140 valence electrons. The lowest BCUT2D eigenvalue weighted by molar-refractivity contribution is 0.0948. The molecule has 2 N–H and O–H groups in total. The Morgan fingerprint density at radius 1 is 0.963 bits per heavy atom. The van der Waals surface area contributed by atoms with Crippen molar-refractivity contribution in [1.82, 2.24) is 10.0 Å². The van der Waals surface area contributed by atoms with E-state index in [0.717, 1.165) is 12.1 Å². The summed E-state index contributed by atoms with van der Waals surface area (Å²) in [5, 5.41) is 2.73. The van der Waals surface area contributed by atoms with Crippen molar-refractivity contribution in [3.63, 3.8) is 0 Å². The molecule has 0 spiro atoms. The van der Waals surface area contributed by atoms with Crippen LogP contribution in [0.25, 0.3) is 0 Å². The van der Waals surface area contributed by atoms with Gasteiger partial charge < -0.3 is 9.73 Å². The zero-order valence-electron chi connectivity index (χ0n) is 14.2. The van der Waals surface area contributed by atoms with Gasteiger partial charge in [0.15, 0.2) is 0 Å². The maximum absolute atomic E-state index is 12.9. The first kappa shape index (κ1) is 18.8. The number of benzene rings is 2. The van der Waals surface area contributed by atoms with Crippen LogP contribution in [-0.2, 0) is 23.1 Å². The second kappa shape index (κ2) is 8.15. The van der Waals surface area contributed by atoms with Crippen LogP contribution < -0.4 is 10.0 Å². The number of hydrogen-bond donors (Lipinski definition) is 2. The fraction of sp³-hybridized carbons (Fsp3) is 0.105. The molecular weight excluding hydrogens is 371 g/mol. The summed E-state index contributed by atoms with van der Waals surface area (Å²) in [4.78, 5) is 12.1. The maximum atomic E-state index is 12.9. The summed E-state index contributed by atoms with van der Waals surface area (Å²) < 4.78 is 44.9. The summed E-state index contributed by atoms with van der Waals surface area (Å²) in [6.45, 7) is 0.332. The highest BCUT2D eigenvalue weighted by Crippen LogP contribution is 2.11. The summed E-state index contributed by atoms with van der Waals surface area (Å²) in [5.41, 5.74) is 1.13. The zero-order chi connectivity index (χ0) is 19.3. The van der Waals surface area contributed by atoms with Crippen LogP contribution in [0.5, 0.6) is 0 Å². The Kier molecular flexibility index (Phi) is 5.68. The molecule has 8 heteroatoms. The molecule has 1 aromatic heterocycles. The van der Waals surface area contributed by atoms with E-state index >= 15 is 0 Å². The van der Waals surface area contributed by atoms with Gasteiger partial charge in [0.05, 0.1) is 17.7 Å². The van der Waals surface area contributed by atoms with Crippen molar-refractivity contribution < 1.29 is 22.0 Å². The predicted molar refractivity (Wildman–Crippen MR) is 96.7 cm³/mol. The lowest BCUT2D eigenvalue weighted by atomic mass is 10.1. The number of halogens is 1. The monoisotopic (exact) mass is 388 g/mol. The molecule has 0 unspecified atom stereocenters. The topological polar surface area (TPSA) is 88.4 Å². The third kappa shape index (κ3) is 5.02. The van der Waals surface area contributed by atoms with E-state index in [2.05, 4.69) is 10.0 Å². The Morgan fingerprint density at radius 2 is 1.67 bits per heavy atom. The fourth-order valence-electron chi connectivity index (χ4n) is 2.33. The predicted octanol–water partition coefficient (Wildman–Crippen LogP) is 2.83. The first-order chi connectivity index (χ1) is 12.9. The molecule has 0 atom stereocenters. The van der Waals surface area contributed by atoms with E-state index in [1.165, 1.54) is 18.4 Å². The van der Waals surface area contributed by atoms with Crippen LogP contribution in [-0.4, -0.2) is 14.3 Å². The molecule has 1 heterocycles. The normalized spacial score (nSPS) is 11.3. The van der Waals surface area contributed by atoms with Crippen molar-refractivity contribution in [3.8, 4) is 0 Å². The minimum atomic E-state index is -3.74. The summed E-state index contributed by atoms with van der Waals surface area (Å²) in [7, 11) is -3.74. The largest absolute Gasteiger partial charge is 0.467 e. The Labute approximate surface area is 156 Å². The van der Waals surface area contributed by atoms with Crippen LogP contribution >= 0.6 is 0 Å². The fourth-order valence-corrected chi connectivity index (χ4v) is 3.35. The molecule has 3 aromatic rings. The standard InChI is InChI=1S/C19H17FN2O4S/c20-16-7-9-18(10-8-16)27(24,25)22-12-14-3-5-15(6-4-14)19(23)21-13-17-2-1-11-26-17/h1-11,22H,12-13H2,(H,21,23). The average molecular weight is 388 g/mol. The highest BCUT2D eigenvalue weighted by molar-refractivity contribution is 7.89.